The summed E-state index contributed by atoms with van der Waals surface area (Å²) in [6.07, 6.45) is 0.506. The lowest BCUT2D eigenvalue weighted by Gasteiger charge is -2.05. The molecule has 0 spiro atoms. The quantitative estimate of drug-likeness (QED) is 0.788. The zero-order valence-corrected chi connectivity index (χ0v) is 9.77. The highest BCUT2D eigenvalue weighted by molar-refractivity contribution is 7.07. The molecule has 0 aliphatic rings. The van der Waals surface area contributed by atoms with Gasteiger partial charge in [0.15, 0.2) is 5.83 Å². The highest BCUT2D eigenvalue weighted by Gasteiger charge is 2.07. The number of halogens is 1. The van der Waals surface area contributed by atoms with Gasteiger partial charge in [0.2, 0.25) is 0 Å². The van der Waals surface area contributed by atoms with E-state index in [2.05, 4.69) is 11.9 Å². The number of amides is 1. The van der Waals surface area contributed by atoms with Gasteiger partial charge in [-0.05, 0) is 6.92 Å². The van der Waals surface area contributed by atoms with Crippen molar-refractivity contribution in [3.05, 3.63) is 33.1 Å². The first-order valence-corrected chi connectivity index (χ1v) is 5.74. The van der Waals surface area contributed by atoms with Crippen LogP contribution in [0.3, 0.4) is 0 Å². The number of carbonyl (C=O) groups is 1. The van der Waals surface area contributed by atoms with Gasteiger partial charge in [0.05, 0.1) is 0 Å². The minimum atomic E-state index is -1.00. The monoisotopic (exact) mass is 244 g/mol. The molecule has 0 saturated heterocycles. The number of nitrogens with one attached hydrogen (secondary N) is 1. The number of aromatic nitrogens is 1. The van der Waals surface area contributed by atoms with Crippen molar-refractivity contribution in [2.75, 3.05) is 6.54 Å². The highest BCUT2D eigenvalue weighted by Crippen LogP contribution is 2.02. The summed E-state index contributed by atoms with van der Waals surface area (Å²) in [5.74, 6) is -1.81. The van der Waals surface area contributed by atoms with E-state index < -0.39 is 11.7 Å². The van der Waals surface area contributed by atoms with Crippen LogP contribution in [0.2, 0.25) is 0 Å². The number of hydrogen-bond donors (Lipinski definition) is 1. The molecule has 88 valence electrons. The van der Waals surface area contributed by atoms with Crippen molar-refractivity contribution in [2.24, 2.45) is 0 Å². The van der Waals surface area contributed by atoms with Crippen molar-refractivity contribution in [3.63, 3.8) is 0 Å². The van der Waals surface area contributed by atoms with Crippen molar-refractivity contribution in [2.45, 2.75) is 19.9 Å². The lowest BCUT2D eigenvalue weighted by molar-refractivity contribution is -0.118. The number of thiazole rings is 1. The fourth-order valence-electron chi connectivity index (χ4n) is 1.29. The third-order valence-corrected chi connectivity index (χ3v) is 2.90. The summed E-state index contributed by atoms with van der Waals surface area (Å²) >= 11 is 1.12. The molecule has 0 radical (unpaired) electrons. The van der Waals surface area contributed by atoms with Crippen molar-refractivity contribution in [3.8, 4) is 0 Å². The first-order chi connectivity index (χ1) is 7.56. The maximum Gasteiger partial charge on any atom is 0.307 e. The fourth-order valence-corrected chi connectivity index (χ4v) is 2.14. The van der Waals surface area contributed by atoms with Gasteiger partial charge in [0.1, 0.15) is 0 Å². The van der Waals surface area contributed by atoms with Gasteiger partial charge in [-0.25, -0.2) is 4.39 Å². The first kappa shape index (κ1) is 12.6. The second-order valence-electron chi connectivity index (χ2n) is 3.15. The second kappa shape index (κ2) is 5.60. The van der Waals surface area contributed by atoms with E-state index in [1.54, 1.807) is 9.95 Å². The van der Waals surface area contributed by atoms with E-state index in [1.165, 1.54) is 0 Å². The Morgan fingerprint density at radius 3 is 2.94 bits per heavy atom. The van der Waals surface area contributed by atoms with Crippen LogP contribution in [0.1, 0.15) is 12.6 Å². The first-order valence-electron chi connectivity index (χ1n) is 4.86. The molecule has 1 heterocycles. The van der Waals surface area contributed by atoms with E-state index >= 15 is 0 Å². The summed E-state index contributed by atoms with van der Waals surface area (Å²) < 4.78 is 13.9. The van der Waals surface area contributed by atoms with Crippen LogP contribution in [0.25, 0.3) is 0 Å². The Kier molecular flexibility index (Phi) is 4.42. The minimum Gasteiger partial charge on any atom is -0.350 e. The molecule has 16 heavy (non-hydrogen) atoms. The maximum atomic E-state index is 12.3. The molecule has 0 fully saturated rings. The molecule has 1 N–H and O–H groups in total. The van der Waals surface area contributed by atoms with Gasteiger partial charge >= 0.3 is 4.87 Å². The molecule has 0 aliphatic heterocycles. The topological polar surface area (TPSA) is 51.1 Å². The Labute approximate surface area is 96.4 Å². The van der Waals surface area contributed by atoms with Crippen molar-refractivity contribution in [1.29, 1.82) is 0 Å². The molecule has 0 aliphatic carbocycles. The molecule has 1 aromatic rings. The predicted molar refractivity (Wildman–Crippen MR) is 61.2 cm³/mol. The van der Waals surface area contributed by atoms with Crippen molar-refractivity contribution < 1.29 is 9.18 Å². The fraction of sp³-hybridized carbons (Fsp3) is 0.400. The molecule has 1 aromatic heterocycles. The number of carbonyl (C=O) groups excluding carboxylic acids is 1. The van der Waals surface area contributed by atoms with E-state index in [0.29, 0.717) is 13.0 Å². The lowest BCUT2D eigenvalue weighted by atomic mass is 10.3. The Balaban J connectivity index is 2.52. The average Bonchev–Trinajstić information content (AvgIpc) is 2.59. The molecule has 0 unspecified atom stereocenters. The van der Waals surface area contributed by atoms with Crippen LogP contribution in [0.4, 0.5) is 4.39 Å². The Morgan fingerprint density at radius 1 is 1.69 bits per heavy atom. The summed E-state index contributed by atoms with van der Waals surface area (Å²) in [6, 6.07) is 0. The SMILES string of the molecule is C=C(F)C(=O)NCCc1csc(=O)n1CC. The minimum absolute atomic E-state index is 0.0151. The van der Waals surface area contributed by atoms with Gasteiger partial charge in [0, 0.05) is 30.6 Å². The molecule has 1 rings (SSSR count). The van der Waals surface area contributed by atoms with Gasteiger partial charge < -0.3 is 9.88 Å². The smallest absolute Gasteiger partial charge is 0.307 e. The van der Waals surface area contributed by atoms with Gasteiger partial charge in [0.25, 0.3) is 5.91 Å². The van der Waals surface area contributed by atoms with E-state index in [-0.39, 0.29) is 11.4 Å². The van der Waals surface area contributed by atoms with Crippen molar-refractivity contribution >= 4 is 17.2 Å². The third kappa shape index (κ3) is 3.03. The van der Waals surface area contributed by atoms with Gasteiger partial charge in [-0.1, -0.05) is 17.9 Å². The standard InChI is InChI=1S/C10H13FN2O2S/c1-3-13-8(6-16-10(13)15)4-5-12-9(14)7(2)11/h6H,2-5H2,1H3,(H,12,14). The molecule has 0 aromatic carbocycles. The summed E-state index contributed by atoms with van der Waals surface area (Å²) in [5, 5.41) is 4.12. The molecule has 4 nitrogen and oxygen atoms in total. The average molecular weight is 244 g/mol. The number of hydrogen-bond acceptors (Lipinski definition) is 3. The van der Waals surface area contributed by atoms with Crippen LogP contribution >= 0.6 is 11.3 Å². The van der Waals surface area contributed by atoms with E-state index in [4.69, 9.17) is 0 Å². The molecule has 6 heteroatoms. The zero-order valence-electron chi connectivity index (χ0n) is 8.96. The van der Waals surface area contributed by atoms with Crippen molar-refractivity contribution in [1.82, 2.24) is 9.88 Å². The molecule has 0 atom stereocenters. The number of nitrogens with zero attached hydrogens (tertiary/aromatic N) is 1. The molecule has 0 saturated carbocycles. The Morgan fingerprint density at radius 2 is 2.38 bits per heavy atom. The van der Waals surface area contributed by atoms with Gasteiger partial charge in [-0.15, -0.1) is 0 Å². The van der Waals surface area contributed by atoms with Gasteiger partial charge in [-0.2, -0.15) is 0 Å². The molecular formula is C10H13FN2O2S. The van der Waals surface area contributed by atoms with Crippen LogP contribution in [0.15, 0.2) is 22.6 Å². The van der Waals surface area contributed by atoms with E-state index in [1.807, 2.05) is 6.92 Å². The molecule has 1 amide bonds. The second-order valence-corrected chi connectivity index (χ2v) is 3.97. The largest absolute Gasteiger partial charge is 0.350 e. The zero-order chi connectivity index (χ0) is 12.1. The van der Waals surface area contributed by atoms with Crippen LogP contribution in [0, 0.1) is 0 Å². The maximum absolute atomic E-state index is 12.3. The van der Waals surface area contributed by atoms with Crippen LogP contribution in [-0.2, 0) is 17.8 Å². The normalized spacial score (nSPS) is 10.1. The highest BCUT2D eigenvalue weighted by atomic mass is 32.1. The predicted octanol–water partition coefficient (Wildman–Crippen LogP) is 1.07. The Hall–Kier alpha value is -1.43. The van der Waals surface area contributed by atoms with E-state index in [0.717, 1.165) is 17.0 Å². The van der Waals surface area contributed by atoms with Gasteiger partial charge in [-0.3, -0.25) is 9.59 Å². The molecule has 0 bridgehead atoms. The van der Waals surface area contributed by atoms with Crippen LogP contribution in [-0.4, -0.2) is 17.0 Å². The lowest BCUT2D eigenvalue weighted by Crippen LogP contribution is -2.26. The van der Waals surface area contributed by atoms with Crippen LogP contribution in [0.5, 0.6) is 0 Å². The summed E-state index contributed by atoms with van der Waals surface area (Å²) in [6.45, 7) is 5.65. The summed E-state index contributed by atoms with van der Waals surface area (Å²) in [4.78, 5) is 22.1. The summed E-state index contributed by atoms with van der Waals surface area (Å²) in [5.41, 5.74) is 0.849. The third-order valence-electron chi connectivity index (χ3n) is 2.09. The number of rotatable bonds is 5. The summed E-state index contributed by atoms with van der Waals surface area (Å²) in [7, 11) is 0. The van der Waals surface area contributed by atoms with Crippen LogP contribution < -0.4 is 10.2 Å². The molecular weight excluding hydrogens is 231 g/mol. The van der Waals surface area contributed by atoms with E-state index in [9.17, 15) is 14.0 Å². The Bertz CT molecular complexity index is 450.